The van der Waals surface area contributed by atoms with Gasteiger partial charge in [-0.2, -0.15) is 13.2 Å². The number of rotatable bonds is 4. The smallest absolute Gasteiger partial charge is 0.309 e. The number of halogens is 3. The molecule has 0 radical (unpaired) electrons. The van der Waals surface area contributed by atoms with Gasteiger partial charge in [-0.05, 0) is 79.5 Å². The van der Waals surface area contributed by atoms with Crippen LogP contribution in [0, 0.1) is 5.92 Å². The van der Waals surface area contributed by atoms with Crippen LogP contribution in [0.2, 0.25) is 0 Å². The largest absolute Gasteiger partial charge is 0.416 e. The van der Waals surface area contributed by atoms with E-state index in [1.54, 1.807) is 15.5 Å². The molecule has 1 aromatic heterocycles. The molecule has 0 spiro atoms. The number of hydrogen-bond donors (Lipinski definition) is 0. The van der Waals surface area contributed by atoms with E-state index < -0.39 is 11.7 Å². The zero-order chi connectivity index (χ0) is 24.9. The van der Waals surface area contributed by atoms with Crippen LogP contribution < -0.4 is 10.5 Å². The maximum Gasteiger partial charge on any atom is 0.416 e. The van der Waals surface area contributed by atoms with Crippen LogP contribution in [0.5, 0.6) is 0 Å². The van der Waals surface area contributed by atoms with E-state index in [-0.39, 0.29) is 17.4 Å². The highest BCUT2D eigenvalue weighted by Crippen LogP contribution is 2.44. The Balaban J connectivity index is 1.67. The molecule has 1 atom stereocenters. The van der Waals surface area contributed by atoms with Crippen molar-refractivity contribution >= 4 is 28.2 Å². The van der Waals surface area contributed by atoms with Gasteiger partial charge in [0.25, 0.3) is 5.56 Å². The van der Waals surface area contributed by atoms with Gasteiger partial charge < -0.3 is 4.57 Å². The van der Waals surface area contributed by atoms with Crippen molar-refractivity contribution in [2.45, 2.75) is 58.2 Å². The topological polar surface area (TPSA) is 42.3 Å². The van der Waals surface area contributed by atoms with E-state index in [2.05, 4.69) is 0 Å². The third-order valence-corrected chi connectivity index (χ3v) is 6.97. The Morgan fingerprint density at radius 1 is 0.971 bits per heavy atom. The van der Waals surface area contributed by atoms with Gasteiger partial charge in [-0.3, -0.25) is 14.5 Å². The fraction of sp³-hybridized carbons (Fsp3) is 0.357. The Kier molecular flexibility index (Phi) is 5.82. The fourth-order valence-corrected chi connectivity index (χ4v) is 4.96. The van der Waals surface area contributed by atoms with Crippen molar-refractivity contribution in [2.75, 3.05) is 4.90 Å². The summed E-state index contributed by atoms with van der Waals surface area (Å²) in [6.45, 7) is 4.47. The number of allylic oxidation sites excluding steroid dienone is 1. The molecule has 2 aliphatic rings. The lowest BCUT2D eigenvalue weighted by atomic mass is 10.0. The maximum atomic E-state index is 13.4. The predicted molar refractivity (Wildman–Crippen MR) is 131 cm³/mol. The lowest BCUT2D eigenvalue weighted by Crippen LogP contribution is -2.28. The number of fused-ring (bicyclic) bond motifs is 1. The van der Waals surface area contributed by atoms with E-state index in [4.69, 9.17) is 0 Å². The molecule has 0 saturated heterocycles. The summed E-state index contributed by atoms with van der Waals surface area (Å²) in [5.41, 5.74) is 2.89. The number of pyridine rings is 1. The number of amides is 1. The first kappa shape index (κ1) is 23.4. The van der Waals surface area contributed by atoms with Crippen molar-refractivity contribution < 1.29 is 18.0 Å². The average Bonchev–Trinajstić information content (AvgIpc) is 3.67. The summed E-state index contributed by atoms with van der Waals surface area (Å²) in [6.07, 6.45) is 0.606. The van der Waals surface area contributed by atoms with E-state index in [1.165, 1.54) is 12.1 Å². The molecule has 182 valence electrons. The van der Waals surface area contributed by atoms with E-state index in [1.807, 2.05) is 38.1 Å². The third kappa shape index (κ3) is 4.40. The molecule has 1 fully saturated rings. The molecule has 2 aromatic carbocycles. The molecule has 2 heterocycles. The molecule has 1 unspecified atom stereocenters. The molecule has 1 amide bonds. The van der Waals surface area contributed by atoms with Gasteiger partial charge in [0, 0.05) is 30.1 Å². The van der Waals surface area contributed by atoms with Gasteiger partial charge in [-0.1, -0.05) is 25.1 Å². The highest BCUT2D eigenvalue weighted by molar-refractivity contribution is 6.07. The normalized spacial score (nSPS) is 19.1. The zero-order valence-corrected chi connectivity index (χ0v) is 19.7. The Morgan fingerprint density at radius 3 is 2.31 bits per heavy atom. The van der Waals surface area contributed by atoms with Gasteiger partial charge in [0.1, 0.15) is 0 Å². The summed E-state index contributed by atoms with van der Waals surface area (Å²) in [7, 11) is 0. The highest BCUT2D eigenvalue weighted by Gasteiger charge is 2.32. The number of nitrogens with zero attached hydrogens (tertiary/aromatic N) is 2. The summed E-state index contributed by atoms with van der Waals surface area (Å²) in [5, 5.41) is 0.948. The summed E-state index contributed by atoms with van der Waals surface area (Å²) >= 11 is 0. The minimum atomic E-state index is -4.42. The van der Waals surface area contributed by atoms with Gasteiger partial charge in [-0.15, -0.1) is 0 Å². The minimum absolute atomic E-state index is 0.0281. The monoisotopic (exact) mass is 480 g/mol. The Morgan fingerprint density at radius 2 is 1.69 bits per heavy atom. The standard InChI is InChI=1S/C28H27F3N2O2/c1-3-32-24-12-11-21(15-23(24)22(16-27(32)35)18-5-6-18)33-25(14-17(2)4-13-26(33)34)19-7-9-20(10-8-19)28(29,30)31/h7-12,14-18H,3-6,13H2,1-2H3. The number of benzene rings is 2. The van der Waals surface area contributed by atoms with Crippen molar-refractivity contribution in [3.63, 3.8) is 0 Å². The third-order valence-electron chi connectivity index (χ3n) is 6.97. The predicted octanol–water partition coefficient (Wildman–Crippen LogP) is 6.72. The number of alkyl halides is 3. The van der Waals surface area contributed by atoms with Gasteiger partial charge in [0.15, 0.2) is 0 Å². The zero-order valence-electron chi connectivity index (χ0n) is 19.7. The molecule has 0 bridgehead atoms. The SMILES string of the molecule is CCn1c(=O)cc(C2CC2)c2cc(N3C(=O)CCC(C)C=C3c3ccc(C(F)(F)F)cc3)ccc21. The fourth-order valence-electron chi connectivity index (χ4n) is 4.96. The van der Waals surface area contributed by atoms with Crippen LogP contribution >= 0.6 is 0 Å². The number of anilines is 1. The number of carbonyl (C=O) groups excluding carboxylic acids is 1. The van der Waals surface area contributed by atoms with Crippen LogP contribution in [0.3, 0.4) is 0 Å². The molecule has 35 heavy (non-hydrogen) atoms. The highest BCUT2D eigenvalue weighted by atomic mass is 19.4. The molecular formula is C28H27F3N2O2. The van der Waals surface area contributed by atoms with Crippen molar-refractivity contribution in [2.24, 2.45) is 5.92 Å². The van der Waals surface area contributed by atoms with Gasteiger partial charge in [0.05, 0.1) is 16.8 Å². The number of hydrogen-bond acceptors (Lipinski definition) is 2. The van der Waals surface area contributed by atoms with Crippen LogP contribution in [0.25, 0.3) is 16.6 Å². The van der Waals surface area contributed by atoms with E-state index in [9.17, 15) is 22.8 Å². The summed E-state index contributed by atoms with van der Waals surface area (Å²) in [6, 6.07) is 12.4. The summed E-state index contributed by atoms with van der Waals surface area (Å²) in [4.78, 5) is 27.7. The first-order valence-corrected chi connectivity index (χ1v) is 12.1. The summed E-state index contributed by atoms with van der Waals surface area (Å²) < 4.78 is 41.1. The molecule has 1 saturated carbocycles. The van der Waals surface area contributed by atoms with Crippen LogP contribution in [-0.4, -0.2) is 10.5 Å². The molecule has 0 N–H and O–H groups in total. The number of aryl methyl sites for hydroxylation is 1. The molecule has 3 aromatic rings. The van der Waals surface area contributed by atoms with Gasteiger partial charge >= 0.3 is 6.18 Å². The van der Waals surface area contributed by atoms with Crippen molar-refractivity contribution in [1.82, 2.24) is 4.57 Å². The molecule has 4 nitrogen and oxygen atoms in total. The number of aromatic nitrogens is 1. The van der Waals surface area contributed by atoms with E-state index in [0.717, 1.165) is 41.4 Å². The maximum absolute atomic E-state index is 13.4. The van der Waals surface area contributed by atoms with Crippen LogP contribution in [0.4, 0.5) is 18.9 Å². The molecule has 7 heteroatoms. The Labute approximate surface area is 201 Å². The minimum Gasteiger partial charge on any atom is -0.309 e. The Bertz CT molecular complexity index is 1380. The molecular weight excluding hydrogens is 453 g/mol. The lowest BCUT2D eigenvalue weighted by Gasteiger charge is -2.26. The average molecular weight is 481 g/mol. The van der Waals surface area contributed by atoms with Crippen LogP contribution in [0.15, 0.2) is 59.4 Å². The quantitative estimate of drug-likeness (QED) is 0.416. The second-order valence-corrected chi connectivity index (χ2v) is 9.53. The second kappa shape index (κ2) is 8.70. The molecule has 1 aliphatic heterocycles. The van der Waals surface area contributed by atoms with Crippen LogP contribution in [0.1, 0.15) is 62.1 Å². The second-order valence-electron chi connectivity index (χ2n) is 9.53. The van der Waals surface area contributed by atoms with E-state index >= 15 is 0 Å². The van der Waals surface area contributed by atoms with E-state index in [0.29, 0.717) is 42.3 Å². The summed E-state index contributed by atoms with van der Waals surface area (Å²) in [5.74, 6) is 0.336. The van der Waals surface area contributed by atoms with Crippen LogP contribution in [-0.2, 0) is 17.5 Å². The number of carbonyl (C=O) groups is 1. The van der Waals surface area contributed by atoms with Gasteiger partial charge in [-0.25, -0.2) is 0 Å². The molecule has 1 aliphatic carbocycles. The van der Waals surface area contributed by atoms with Crippen molar-refractivity contribution in [3.05, 3.63) is 81.7 Å². The lowest BCUT2D eigenvalue weighted by molar-refractivity contribution is -0.137. The van der Waals surface area contributed by atoms with Crippen molar-refractivity contribution in [3.8, 4) is 0 Å². The first-order valence-electron chi connectivity index (χ1n) is 12.1. The first-order chi connectivity index (χ1) is 16.7. The Hall–Kier alpha value is -3.35. The molecule has 5 rings (SSSR count). The van der Waals surface area contributed by atoms with Crippen molar-refractivity contribution in [1.29, 1.82) is 0 Å². The van der Waals surface area contributed by atoms with Gasteiger partial charge in [0.2, 0.25) is 5.91 Å².